The molecule has 7 heteroatoms. The molecule has 3 N–H and O–H groups in total. The van der Waals surface area contributed by atoms with Crippen molar-refractivity contribution in [3.63, 3.8) is 0 Å². The molecule has 1 unspecified atom stereocenters. The normalized spacial score (nSPS) is 26.2. The fraction of sp³-hybridized carbons (Fsp3) is 0.812. The second-order valence-electron chi connectivity index (χ2n) is 6.86. The van der Waals surface area contributed by atoms with Gasteiger partial charge in [0, 0.05) is 31.6 Å². The average molecular weight is 322 g/mol. The summed E-state index contributed by atoms with van der Waals surface area (Å²) in [6.07, 6.45) is 7.12. The van der Waals surface area contributed by atoms with Crippen molar-refractivity contribution in [3.8, 4) is 0 Å². The molecule has 1 aliphatic carbocycles. The Morgan fingerprint density at radius 2 is 1.57 bits per heavy atom. The van der Waals surface area contributed by atoms with E-state index in [0.717, 1.165) is 25.7 Å². The maximum atomic E-state index is 12.3. The van der Waals surface area contributed by atoms with Crippen LogP contribution in [0.5, 0.6) is 0 Å². The van der Waals surface area contributed by atoms with E-state index in [1.807, 2.05) is 4.90 Å². The summed E-state index contributed by atoms with van der Waals surface area (Å²) in [4.78, 5) is 37.3. The number of carbonyl (C=O) groups excluding carboxylic acids is 3. The molecule has 0 bridgehead atoms. The summed E-state index contributed by atoms with van der Waals surface area (Å²) >= 11 is 0. The van der Waals surface area contributed by atoms with Gasteiger partial charge in [-0.15, -0.1) is 0 Å². The molecule has 0 radical (unpaired) electrons. The van der Waals surface area contributed by atoms with Crippen molar-refractivity contribution in [2.75, 3.05) is 13.1 Å². The summed E-state index contributed by atoms with van der Waals surface area (Å²) < 4.78 is 0. The van der Waals surface area contributed by atoms with E-state index in [4.69, 9.17) is 0 Å². The average Bonchev–Trinajstić information content (AvgIpc) is 3.19. The summed E-state index contributed by atoms with van der Waals surface area (Å²) in [5.41, 5.74) is 0. The van der Waals surface area contributed by atoms with Crippen molar-refractivity contribution in [2.24, 2.45) is 0 Å². The zero-order valence-corrected chi connectivity index (χ0v) is 13.5. The van der Waals surface area contributed by atoms with E-state index < -0.39 is 0 Å². The summed E-state index contributed by atoms with van der Waals surface area (Å²) in [6, 6.07) is 0.0173. The van der Waals surface area contributed by atoms with Gasteiger partial charge >= 0.3 is 6.03 Å². The standard InChI is InChI=1S/C16H26N4O3/c21-14-6-5-13(19-14)15(22)20-9-7-12(8-10-20)18-16(23)17-11-3-1-2-4-11/h11-13H,1-10H2,(H,19,21)(H2,17,18,23). The van der Waals surface area contributed by atoms with E-state index in [1.165, 1.54) is 12.8 Å². The monoisotopic (exact) mass is 322 g/mol. The minimum absolute atomic E-state index is 0.0182. The molecule has 2 aliphatic heterocycles. The maximum Gasteiger partial charge on any atom is 0.315 e. The fourth-order valence-electron chi connectivity index (χ4n) is 3.75. The van der Waals surface area contributed by atoms with Crippen molar-refractivity contribution in [3.05, 3.63) is 0 Å². The molecule has 7 nitrogen and oxygen atoms in total. The highest BCUT2D eigenvalue weighted by atomic mass is 16.2. The molecule has 3 rings (SSSR count). The van der Waals surface area contributed by atoms with Crippen LogP contribution < -0.4 is 16.0 Å². The molecule has 2 saturated heterocycles. The molecule has 0 aromatic carbocycles. The molecule has 0 aromatic heterocycles. The zero-order valence-electron chi connectivity index (χ0n) is 13.5. The van der Waals surface area contributed by atoms with E-state index in [1.54, 1.807) is 0 Å². The Bertz CT molecular complexity index is 468. The summed E-state index contributed by atoms with van der Waals surface area (Å²) in [5.74, 6) is -0.0202. The van der Waals surface area contributed by atoms with Crippen LogP contribution in [0.1, 0.15) is 51.4 Å². The Labute approximate surface area is 136 Å². The number of urea groups is 1. The lowest BCUT2D eigenvalue weighted by atomic mass is 10.0. The maximum absolute atomic E-state index is 12.3. The number of hydrogen-bond acceptors (Lipinski definition) is 3. The molecule has 4 amide bonds. The van der Waals surface area contributed by atoms with Gasteiger partial charge in [-0.25, -0.2) is 4.79 Å². The predicted octanol–water partition coefficient (Wildman–Crippen LogP) is 0.498. The first-order chi connectivity index (χ1) is 11.1. The highest BCUT2D eigenvalue weighted by Gasteiger charge is 2.33. The summed E-state index contributed by atoms with van der Waals surface area (Å²) in [5, 5.41) is 8.78. The van der Waals surface area contributed by atoms with E-state index in [0.29, 0.717) is 32.0 Å². The second-order valence-corrected chi connectivity index (χ2v) is 6.86. The van der Waals surface area contributed by atoms with Crippen LogP contribution in [0.2, 0.25) is 0 Å². The third-order valence-corrected chi connectivity index (χ3v) is 5.13. The van der Waals surface area contributed by atoms with Crippen molar-refractivity contribution >= 4 is 17.8 Å². The number of hydrogen-bond donors (Lipinski definition) is 3. The lowest BCUT2D eigenvalue weighted by Gasteiger charge is -2.34. The Morgan fingerprint density at radius 1 is 0.957 bits per heavy atom. The second kappa shape index (κ2) is 7.19. The molecule has 0 aromatic rings. The third kappa shape index (κ3) is 4.14. The number of amides is 4. The minimum Gasteiger partial charge on any atom is -0.344 e. The van der Waals surface area contributed by atoms with Gasteiger partial charge in [0.25, 0.3) is 0 Å². The van der Waals surface area contributed by atoms with Crippen LogP contribution in [0, 0.1) is 0 Å². The highest BCUT2D eigenvalue weighted by molar-refractivity contribution is 5.90. The third-order valence-electron chi connectivity index (χ3n) is 5.13. The molecule has 1 saturated carbocycles. The number of carbonyl (C=O) groups is 3. The predicted molar refractivity (Wildman–Crippen MR) is 84.7 cm³/mol. The van der Waals surface area contributed by atoms with Gasteiger partial charge in [0.2, 0.25) is 11.8 Å². The van der Waals surface area contributed by atoms with E-state index in [-0.39, 0.29) is 29.9 Å². The number of piperidine rings is 1. The van der Waals surface area contributed by atoms with Gasteiger partial charge in [-0.05, 0) is 32.1 Å². The molecule has 2 heterocycles. The number of nitrogens with one attached hydrogen (secondary N) is 3. The van der Waals surface area contributed by atoms with Crippen LogP contribution in [-0.4, -0.2) is 54.0 Å². The minimum atomic E-state index is -0.349. The van der Waals surface area contributed by atoms with Gasteiger partial charge in [0.15, 0.2) is 0 Å². The van der Waals surface area contributed by atoms with Crippen molar-refractivity contribution < 1.29 is 14.4 Å². The SMILES string of the molecule is O=C1CCC(C(=O)N2CCC(NC(=O)NC3CCCC3)CC2)N1. The highest BCUT2D eigenvalue weighted by Crippen LogP contribution is 2.18. The molecule has 128 valence electrons. The molecule has 3 fully saturated rings. The lowest BCUT2D eigenvalue weighted by molar-refractivity contribution is -0.135. The Hall–Kier alpha value is -1.79. The Balaban J connectivity index is 1.38. The number of rotatable bonds is 3. The number of likely N-dealkylation sites (tertiary alicyclic amines) is 1. The fourth-order valence-corrected chi connectivity index (χ4v) is 3.75. The molecular weight excluding hydrogens is 296 g/mol. The number of nitrogens with zero attached hydrogens (tertiary/aromatic N) is 1. The smallest absolute Gasteiger partial charge is 0.315 e. The quantitative estimate of drug-likeness (QED) is 0.706. The van der Waals surface area contributed by atoms with Crippen molar-refractivity contribution in [2.45, 2.75) is 69.5 Å². The van der Waals surface area contributed by atoms with E-state index in [2.05, 4.69) is 16.0 Å². The van der Waals surface area contributed by atoms with Gasteiger partial charge in [-0.1, -0.05) is 12.8 Å². The van der Waals surface area contributed by atoms with Crippen LogP contribution >= 0.6 is 0 Å². The van der Waals surface area contributed by atoms with Gasteiger partial charge in [0.1, 0.15) is 6.04 Å². The van der Waals surface area contributed by atoms with Crippen LogP contribution in [0.15, 0.2) is 0 Å². The van der Waals surface area contributed by atoms with Crippen LogP contribution in [-0.2, 0) is 9.59 Å². The Kier molecular flexibility index (Phi) is 5.03. The summed E-state index contributed by atoms with van der Waals surface area (Å²) in [7, 11) is 0. The molecular formula is C16H26N4O3. The topological polar surface area (TPSA) is 90.5 Å². The van der Waals surface area contributed by atoms with Crippen LogP contribution in [0.3, 0.4) is 0 Å². The Morgan fingerprint density at radius 3 is 2.13 bits per heavy atom. The van der Waals surface area contributed by atoms with Gasteiger partial charge in [-0.3, -0.25) is 9.59 Å². The van der Waals surface area contributed by atoms with Gasteiger partial charge in [-0.2, -0.15) is 0 Å². The molecule has 1 atom stereocenters. The van der Waals surface area contributed by atoms with Crippen LogP contribution in [0.4, 0.5) is 4.79 Å². The first kappa shape index (κ1) is 16.1. The summed E-state index contributed by atoms with van der Waals surface area (Å²) in [6.45, 7) is 1.28. The zero-order chi connectivity index (χ0) is 16.2. The van der Waals surface area contributed by atoms with E-state index in [9.17, 15) is 14.4 Å². The van der Waals surface area contributed by atoms with Crippen molar-refractivity contribution in [1.82, 2.24) is 20.9 Å². The first-order valence-electron chi connectivity index (χ1n) is 8.77. The molecule has 23 heavy (non-hydrogen) atoms. The first-order valence-corrected chi connectivity index (χ1v) is 8.77. The molecule has 0 spiro atoms. The van der Waals surface area contributed by atoms with Gasteiger partial charge < -0.3 is 20.9 Å². The lowest BCUT2D eigenvalue weighted by Crippen LogP contribution is -2.53. The van der Waals surface area contributed by atoms with E-state index >= 15 is 0 Å². The van der Waals surface area contributed by atoms with Crippen molar-refractivity contribution in [1.29, 1.82) is 0 Å². The van der Waals surface area contributed by atoms with Crippen LogP contribution in [0.25, 0.3) is 0 Å². The van der Waals surface area contributed by atoms with Gasteiger partial charge in [0.05, 0.1) is 0 Å². The largest absolute Gasteiger partial charge is 0.344 e. The molecule has 3 aliphatic rings.